The molecule has 5 rings (SSSR count). The van der Waals surface area contributed by atoms with Gasteiger partial charge in [0.2, 0.25) is 5.91 Å². The van der Waals surface area contributed by atoms with E-state index in [1.165, 1.54) is 18.3 Å². The number of carbonyl (C=O) groups excluding carboxylic acids is 1. The molecule has 0 radical (unpaired) electrons. The number of likely N-dealkylation sites (tertiary alicyclic amines) is 1. The lowest BCUT2D eigenvalue weighted by atomic mass is 9.72. The predicted molar refractivity (Wildman–Crippen MR) is 138 cm³/mol. The maximum atomic E-state index is 13.2. The quantitative estimate of drug-likeness (QED) is 0.480. The summed E-state index contributed by atoms with van der Waals surface area (Å²) in [6.45, 7) is 8.46. The molecule has 2 saturated heterocycles. The molecule has 0 unspecified atom stereocenters. The number of rotatable bonds is 7. The first-order valence-corrected chi connectivity index (χ1v) is 12.6. The number of amides is 1. The lowest BCUT2D eigenvalue weighted by molar-refractivity contribution is -0.131. The Balaban J connectivity index is 1.41. The molecule has 12 heteroatoms. The maximum absolute atomic E-state index is 13.2. The second-order valence-electron chi connectivity index (χ2n) is 10.9. The number of hydrogen-bond donors (Lipinski definition) is 2. The molecule has 0 bridgehead atoms. The van der Waals surface area contributed by atoms with Gasteiger partial charge in [-0.2, -0.15) is 5.10 Å². The molecule has 38 heavy (non-hydrogen) atoms. The zero-order valence-corrected chi connectivity index (χ0v) is 21.7. The lowest BCUT2D eigenvalue weighted by Crippen LogP contribution is -2.61. The predicted octanol–water partition coefficient (Wildman–Crippen LogP) is 3.64. The average molecular weight is 527 g/mol. The zero-order chi connectivity index (χ0) is 27.1. The van der Waals surface area contributed by atoms with Crippen LogP contribution < -0.4 is 10.2 Å². The number of aliphatic hydroxyl groups is 1. The number of aromatic nitrogens is 5. The fourth-order valence-electron chi connectivity index (χ4n) is 5.07. The highest BCUT2D eigenvalue weighted by Gasteiger charge is 2.45. The number of anilines is 3. The van der Waals surface area contributed by atoms with Gasteiger partial charge in [0.05, 0.1) is 23.9 Å². The van der Waals surface area contributed by atoms with Crippen molar-refractivity contribution >= 4 is 23.4 Å². The Morgan fingerprint density at radius 3 is 2.58 bits per heavy atom. The van der Waals surface area contributed by atoms with Gasteiger partial charge in [-0.25, -0.2) is 23.7 Å². The maximum Gasteiger partial charge on any atom is 0.264 e. The Morgan fingerprint density at radius 2 is 1.92 bits per heavy atom. The van der Waals surface area contributed by atoms with E-state index in [-0.39, 0.29) is 22.7 Å². The Morgan fingerprint density at radius 1 is 1.18 bits per heavy atom. The number of pyridine rings is 1. The standard InChI is InChI=1S/C26H32F2N8O2/c1-17(37)34-8-5-26(6-9-34)15-35(16-26)22-11-21(31-20-10-18(23(27)28)4-7-29-20)32-24(33-22)19-12-30-36(13-19)14-25(2,3)38/h4,7,10-13,23,38H,5-6,8-9,14-16H2,1-3H3,(H,29,31,32,33). The van der Waals surface area contributed by atoms with Crippen molar-refractivity contribution in [1.29, 1.82) is 0 Å². The number of halogens is 2. The number of carbonyl (C=O) groups is 1. The molecule has 3 aromatic rings. The first-order chi connectivity index (χ1) is 18.0. The Kier molecular flexibility index (Phi) is 6.76. The van der Waals surface area contributed by atoms with Crippen molar-refractivity contribution in [2.24, 2.45) is 5.41 Å². The van der Waals surface area contributed by atoms with E-state index in [0.29, 0.717) is 29.6 Å². The first-order valence-electron chi connectivity index (χ1n) is 12.6. The van der Waals surface area contributed by atoms with Crippen LogP contribution in [0.15, 0.2) is 36.8 Å². The summed E-state index contributed by atoms with van der Waals surface area (Å²) in [5.74, 6) is 1.92. The molecular formula is C26H32F2N8O2. The monoisotopic (exact) mass is 526 g/mol. The zero-order valence-electron chi connectivity index (χ0n) is 21.7. The van der Waals surface area contributed by atoms with Crippen molar-refractivity contribution in [2.75, 3.05) is 36.4 Å². The number of piperidine rings is 1. The smallest absolute Gasteiger partial charge is 0.264 e. The van der Waals surface area contributed by atoms with Crippen LogP contribution in [0.3, 0.4) is 0 Å². The van der Waals surface area contributed by atoms with Crippen molar-refractivity contribution in [3.05, 3.63) is 42.4 Å². The van der Waals surface area contributed by atoms with Crippen molar-refractivity contribution < 1.29 is 18.7 Å². The van der Waals surface area contributed by atoms with Gasteiger partial charge in [0.15, 0.2) is 5.82 Å². The van der Waals surface area contributed by atoms with E-state index in [9.17, 15) is 18.7 Å². The Bertz CT molecular complexity index is 1310. The molecule has 0 aromatic carbocycles. The SMILES string of the molecule is CC(=O)N1CCC2(CC1)CN(c1cc(Nc3cc(C(F)F)ccn3)nc(-c3cnn(CC(C)(C)O)c3)n1)C2. The molecule has 1 amide bonds. The number of nitrogens with one attached hydrogen (secondary N) is 1. The third kappa shape index (κ3) is 5.74. The summed E-state index contributed by atoms with van der Waals surface area (Å²) in [5, 5.41) is 17.5. The van der Waals surface area contributed by atoms with Gasteiger partial charge in [0, 0.05) is 62.5 Å². The van der Waals surface area contributed by atoms with Crippen molar-refractivity contribution in [3.8, 4) is 11.4 Å². The summed E-state index contributed by atoms with van der Waals surface area (Å²) in [6.07, 6.45) is 4.02. The molecule has 2 N–H and O–H groups in total. The number of nitrogens with zero attached hydrogens (tertiary/aromatic N) is 7. The third-order valence-electron chi connectivity index (χ3n) is 7.09. The highest BCUT2D eigenvalue weighted by atomic mass is 19.3. The number of alkyl halides is 2. The highest BCUT2D eigenvalue weighted by molar-refractivity contribution is 5.73. The molecule has 0 aliphatic carbocycles. The fourth-order valence-corrected chi connectivity index (χ4v) is 5.07. The van der Waals surface area contributed by atoms with E-state index in [1.807, 2.05) is 4.90 Å². The van der Waals surface area contributed by atoms with Crippen LogP contribution in [-0.4, -0.2) is 72.4 Å². The van der Waals surface area contributed by atoms with Crippen LogP contribution in [0.1, 0.15) is 45.6 Å². The molecule has 5 heterocycles. The van der Waals surface area contributed by atoms with E-state index in [0.717, 1.165) is 39.0 Å². The van der Waals surface area contributed by atoms with Crippen molar-refractivity contribution in [2.45, 2.75) is 52.2 Å². The summed E-state index contributed by atoms with van der Waals surface area (Å²) < 4.78 is 28.1. The van der Waals surface area contributed by atoms with Crippen LogP contribution in [0, 0.1) is 5.41 Å². The third-order valence-corrected chi connectivity index (χ3v) is 7.09. The van der Waals surface area contributed by atoms with Gasteiger partial charge < -0.3 is 20.2 Å². The first kappa shape index (κ1) is 26.0. The van der Waals surface area contributed by atoms with Crippen LogP contribution in [0.4, 0.5) is 26.2 Å². The molecule has 2 aliphatic rings. The minimum absolute atomic E-state index is 0.113. The van der Waals surface area contributed by atoms with Gasteiger partial charge >= 0.3 is 0 Å². The van der Waals surface area contributed by atoms with Crippen LogP contribution in [-0.2, 0) is 11.3 Å². The molecule has 3 aromatic heterocycles. The molecule has 2 fully saturated rings. The lowest BCUT2D eigenvalue weighted by Gasteiger charge is -2.54. The number of hydrogen-bond acceptors (Lipinski definition) is 8. The Hall–Kier alpha value is -3.67. The molecule has 2 aliphatic heterocycles. The Labute approximate surface area is 219 Å². The van der Waals surface area contributed by atoms with Crippen LogP contribution >= 0.6 is 0 Å². The topological polar surface area (TPSA) is 112 Å². The van der Waals surface area contributed by atoms with Gasteiger partial charge in [-0.3, -0.25) is 9.48 Å². The van der Waals surface area contributed by atoms with Crippen molar-refractivity contribution in [3.63, 3.8) is 0 Å². The van der Waals surface area contributed by atoms with E-state index < -0.39 is 12.0 Å². The van der Waals surface area contributed by atoms with Crippen LogP contribution in [0.2, 0.25) is 0 Å². The average Bonchev–Trinajstić information content (AvgIpc) is 3.29. The van der Waals surface area contributed by atoms with Gasteiger partial charge in [-0.15, -0.1) is 0 Å². The minimum Gasteiger partial charge on any atom is -0.389 e. The molecule has 1 spiro atoms. The van der Waals surface area contributed by atoms with E-state index in [4.69, 9.17) is 4.98 Å². The second-order valence-corrected chi connectivity index (χ2v) is 10.9. The van der Waals surface area contributed by atoms with E-state index in [2.05, 4.69) is 25.3 Å². The minimum atomic E-state index is -2.61. The fraction of sp³-hybridized carbons (Fsp3) is 0.500. The summed E-state index contributed by atoms with van der Waals surface area (Å²) in [7, 11) is 0. The normalized spacial score (nSPS) is 17.1. The molecule has 0 saturated carbocycles. The van der Waals surface area contributed by atoms with Crippen molar-refractivity contribution in [1.82, 2.24) is 29.6 Å². The van der Waals surface area contributed by atoms with Gasteiger partial charge in [0.25, 0.3) is 6.43 Å². The molecular weight excluding hydrogens is 494 g/mol. The largest absolute Gasteiger partial charge is 0.389 e. The summed E-state index contributed by atoms with van der Waals surface area (Å²) >= 11 is 0. The second kappa shape index (κ2) is 9.90. The summed E-state index contributed by atoms with van der Waals surface area (Å²) in [4.78, 5) is 29.4. The van der Waals surface area contributed by atoms with Crippen LogP contribution in [0.5, 0.6) is 0 Å². The molecule has 10 nitrogen and oxygen atoms in total. The van der Waals surface area contributed by atoms with Crippen LogP contribution in [0.25, 0.3) is 11.4 Å². The summed E-state index contributed by atoms with van der Waals surface area (Å²) in [6, 6.07) is 4.37. The van der Waals surface area contributed by atoms with Gasteiger partial charge in [0.1, 0.15) is 17.5 Å². The van der Waals surface area contributed by atoms with Gasteiger partial charge in [-0.1, -0.05) is 0 Å². The van der Waals surface area contributed by atoms with Gasteiger partial charge in [-0.05, 0) is 38.8 Å². The van der Waals surface area contributed by atoms with E-state index in [1.54, 1.807) is 43.9 Å². The van der Waals surface area contributed by atoms with E-state index >= 15 is 0 Å². The molecule has 202 valence electrons. The molecule has 0 atom stereocenters. The highest BCUT2D eigenvalue weighted by Crippen LogP contribution is 2.43. The summed E-state index contributed by atoms with van der Waals surface area (Å²) in [5.41, 5.74) is -0.260.